The first kappa shape index (κ1) is 11.8. The van der Waals surface area contributed by atoms with Gasteiger partial charge in [0.15, 0.2) is 0 Å². The van der Waals surface area contributed by atoms with Gasteiger partial charge in [-0.1, -0.05) is 36.4 Å². The average Bonchev–Trinajstić information content (AvgIpc) is 2.29. The van der Waals surface area contributed by atoms with Crippen molar-refractivity contribution in [3.63, 3.8) is 0 Å². The number of benzene rings is 2. The molecule has 0 heterocycles. The predicted octanol–water partition coefficient (Wildman–Crippen LogP) is 3.32. The molecular weight excluding hydrogens is 239 g/mol. The van der Waals surface area contributed by atoms with E-state index in [2.05, 4.69) is 0 Å². The highest BCUT2D eigenvalue weighted by Gasteiger charge is 2.12. The van der Waals surface area contributed by atoms with E-state index in [4.69, 9.17) is 0 Å². The first-order valence-corrected chi connectivity index (χ1v) is 6.47. The SMILES string of the molecule is Cc1ccccc1-c1cccc(S(=O)(=O)F)c1. The minimum absolute atomic E-state index is 0.307. The second kappa shape index (κ2) is 4.30. The van der Waals surface area contributed by atoms with E-state index >= 15 is 0 Å². The van der Waals surface area contributed by atoms with Gasteiger partial charge in [0.1, 0.15) is 0 Å². The lowest BCUT2D eigenvalue weighted by molar-refractivity contribution is 0.552. The van der Waals surface area contributed by atoms with E-state index in [1.165, 1.54) is 18.2 Å². The van der Waals surface area contributed by atoms with E-state index in [9.17, 15) is 12.3 Å². The molecule has 0 saturated carbocycles. The first-order chi connectivity index (χ1) is 7.98. The highest BCUT2D eigenvalue weighted by molar-refractivity contribution is 7.86. The third-order valence-corrected chi connectivity index (χ3v) is 3.39. The molecule has 2 aromatic carbocycles. The van der Waals surface area contributed by atoms with Crippen LogP contribution in [0.1, 0.15) is 5.56 Å². The van der Waals surface area contributed by atoms with Crippen LogP contribution in [-0.2, 0) is 10.2 Å². The van der Waals surface area contributed by atoms with Crippen LogP contribution in [0.15, 0.2) is 53.4 Å². The van der Waals surface area contributed by atoms with Crippen molar-refractivity contribution in [1.29, 1.82) is 0 Å². The summed E-state index contributed by atoms with van der Waals surface area (Å²) in [7, 11) is -4.65. The Balaban J connectivity index is 2.59. The van der Waals surface area contributed by atoms with Gasteiger partial charge >= 0.3 is 10.2 Å². The molecule has 0 N–H and O–H groups in total. The molecule has 4 heteroatoms. The van der Waals surface area contributed by atoms with Gasteiger partial charge < -0.3 is 0 Å². The quantitative estimate of drug-likeness (QED) is 0.766. The van der Waals surface area contributed by atoms with Gasteiger partial charge in [-0.25, -0.2) is 0 Å². The average molecular weight is 250 g/mol. The Bertz CT molecular complexity index is 648. The van der Waals surface area contributed by atoms with Crippen LogP contribution < -0.4 is 0 Å². The smallest absolute Gasteiger partial charge is 0.189 e. The Hall–Kier alpha value is -1.68. The maximum Gasteiger partial charge on any atom is 0.332 e. The molecule has 0 atom stereocenters. The Morgan fingerprint density at radius 2 is 1.71 bits per heavy atom. The van der Waals surface area contributed by atoms with Gasteiger partial charge in [-0.15, -0.1) is 3.89 Å². The maximum absolute atomic E-state index is 12.9. The lowest BCUT2D eigenvalue weighted by Crippen LogP contribution is -1.92. The van der Waals surface area contributed by atoms with E-state index in [1.807, 2.05) is 31.2 Å². The number of rotatable bonds is 2. The van der Waals surface area contributed by atoms with Crippen LogP contribution in [0.3, 0.4) is 0 Å². The van der Waals surface area contributed by atoms with E-state index < -0.39 is 10.2 Å². The van der Waals surface area contributed by atoms with Crippen molar-refractivity contribution in [2.45, 2.75) is 11.8 Å². The standard InChI is InChI=1S/C13H11FO2S/c1-10-5-2-3-8-13(10)11-6-4-7-12(9-11)17(14,15)16/h2-9H,1H3. The van der Waals surface area contributed by atoms with Crippen LogP contribution in [0.4, 0.5) is 3.89 Å². The summed E-state index contributed by atoms with van der Waals surface area (Å²) in [5.41, 5.74) is 2.61. The van der Waals surface area contributed by atoms with Gasteiger partial charge in [0.05, 0.1) is 4.90 Å². The molecule has 0 aliphatic rings. The van der Waals surface area contributed by atoms with Crippen LogP contribution in [0.5, 0.6) is 0 Å². The fourth-order valence-corrected chi connectivity index (χ4v) is 2.22. The van der Waals surface area contributed by atoms with Gasteiger partial charge in [-0.3, -0.25) is 0 Å². The van der Waals surface area contributed by atoms with Gasteiger partial charge in [-0.05, 0) is 35.7 Å². The summed E-state index contributed by atoms with van der Waals surface area (Å²) in [6.07, 6.45) is 0. The zero-order valence-corrected chi connectivity index (χ0v) is 10.0. The fourth-order valence-electron chi connectivity index (χ4n) is 1.71. The van der Waals surface area contributed by atoms with Crippen molar-refractivity contribution in [3.05, 3.63) is 54.1 Å². The van der Waals surface area contributed by atoms with Crippen molar-refractivity contribution in [1.82, 2.24) is 0 Å². The first-order valence-electron chi connectivity index (χ1n) is 5.09. The maximum atomic E-state index is 12.9. The Morgan fingerprint density at radius 3 is 2.35 bits per heavy atom. The molecule has 2 nitrogen and oxygen atoms in total. The molecule has 2 aromatic rings. The van der Waals surface area contributed by atoms with Gasteiger partial charge in [0, 0.05) is 0 Å². The van der Waals surface area contributed by atoms with E-state index in [-0.39, 0.29) is 4.90 Å². The summed E-state index contributed by atoms with van der Waals surface area (Å²) < 4.78 is 34.6. The molecule has 17 heavy (non-hydrogen) atoms. The van der Waals surface area contributed by atoms with E-state index in [1.54, 1.807) is 6.07 Å². The number of aryl methyl sites for hydroxylation is 1. The van der Waals surface area contributed by atoms with Crippen LogP contribution >= 0.6 is 0 Å². The van der Waals surface area contributed by atoms with Crippen molar-refractivity contribution in [2.24, 2.45) is 0 Å². The molecule has 0 amide bonds. The molecule has 0 saturated heterocycles. The summed E-state index contributed by atoms with van der Waals surface area (Å²) in [4.78, 5) is -0.307. The normalized spacial score (nSPS) is 11.4. The monoisotopic (exact) mass is 250 g/mol. The molecule has 0 bridgehead atoms. The van der Waals surface area contributed by atoms with Crippen molar-refractivity contribution < 1.29 is 12.3 Å². The second-order valence-corrected chi connectivity index (χ2v) is 5.13. The Labute approximate surface area is 99.9 Å². The highest BCUT2D eigenvalue weighted by atomic mass is 32.3. The fraction of sp³-hybridized carbons (Fsp3) is 0.0769. The topological polar surface area (TPSA) is 34.1 Å². The number of hydrogen-bond donors (Lipinski definition) is 0. The molecule has 0 radical (unpaired) electrons. The Morgan fingerprint density at radius 1 is 1.00 bits per heavy atom. The predicted molar refractivity (Wildman–Crippen MR) is 64.9 cm³/mol. The van der Waals surface area contributed by atoms with Gasteiger partial charge in [-0.2, -0.15) is 8.42 Å². The summed E-state index contributed by atoms with van der Waals surface area (Å²) in [5, 5.41) is 0. The minimum atomic E-state index is -4.65. The largest absolute Gasteiger partial charge is 0.332 e. The number of halogens is 1. The lowest BCUT2D eigenvalue weighted by Gasteiger charge is -2.06. The molecule has 0 aromatic heterocycles. The lowest BCUT2D eigenvalue weighted by atomic mass is 10.0. The third kappa shape index (κ3) is 2.53. The summed E-state index contributed by atoms with van der Waals surface area (Å²) in [5.74, 6) is 0. The minimum Gasteiger partial charge on any atom is -0.189 e. The molecule has 0 fully saturated rings. The highest BCUT2D eigenvalue weighted by Crippen LogP contribution is 2.25. The molecule has 0 spiro atoms. The van der Waals surface area contributed by atoms with Gasteiger partial charge in [0.2, 0.25) is 0 Å². The Kier molecular flexibility index (Phi) is 2.98. The van der Waals surface area contributed by atoms with E-state index in [0.717, 1.165) is 11.1 Å². The van der Waals surface area contributed by atoms with Gasteiger partial charge in [0.25, 0.3) is 0 Å². The molecule has 0 aliphatic heterocycles. The van der Waals surface area contributed by atoms with E-state index in [0.29, 0.717) is 5.56 Å². The molecule has 0 aliphatic carbocycles. The molecular formula is C13H11FO2S. The molecule has 2 rings (SSSR count). The summed E-state index contributed by atoms with van der Waals surface area (Å²) in [6, 6.07) is 13.4. The number of hydrogen-bond acceptors (Lipinski definition) is 2. The van der Waals surface area contributed by atoms with Crippen LogP contribution in [0, 0.1) is 6.92 Å². The van der Waals surface area contributed by atoms with Crippen LogP contribution in [0.2, 0.25) is 0 Å². The van der Waals surface area contributed by atoms with Crippen molar-refractivity contribution in [3.8, 4) is 11.1 Å². The van der Waals surface area contributed by atoms with Crippen LogP contribution in [-0.4, -0.2) is 8.42 Å². The van der Waals surface area contributed by atoms with Crippen molar-refractivity contribution in [2.75, 3.05) is 0 Å². The zero-order valence-electron chi connectivity index (χ0n) is 9.22. The van der Waals surface area contributed by atoms with Crippen molar-refractivity contribution >= 4 is 10.2 Å². The third-order valence-electron chi connectivity index (χ3n) is 2.57. The second-order valence-electron chi connectivity index (χ2n) is 3.78. The summed E-state index contributed by atoms with van der Waals surface area (Å²) >= 11 is 0. The molecule has 88 valence electrons. The summed E-state index contributed by atoms with van der Waals surface area (Å²) in [6.45, 7) is 1.92. The zero-order chi connectivity index (χ0) is 12.5. The molecule has 0 unspecified atom stereocenters. The van der Waals surface area contributed by atoms with Crippen LogP contribution in [0.25, 0.3) is 11.1 Å².